The molecule has 13 nitrogen and oxygen atoms in total. The van der Waals surface area contributed by atoms with Crippen molar-refractivity contribution in [2.24, 2.45) is 0 Å². The number of carbonyl (C=O) groups is 2. The molecule has 0 aromatic heterocycles. The van der Waals surface area contributed by atoms with Gasteiger partial charge in [-0.1, -0.05) is 167 Å². The van der Waals surface area contributed by atoms with Crippen LogP contribution in [0.25, 0.3) is 0 Å². The molecule has 0 aliphatic heterocycles. The van der Waals surface area contributed by atoms with Crippen LogP contribution in [-0.4, -0.2) is 98.3 Å². The summed E-state index contributed by atoms with van der Waals surface area (Å²) in [7, 11) is -5.11. The van der Waals surface area contributed by atoms with Gasteiger partial charge in [0.25, 0.3) is 0 Å². The number of allylic oxidation sites excluding steroid dienone is 2. The molecular formula is C45H85O13P. The van der Waals surface area contributed by atoms with E-state index in [4.69, 9.17) is 18.5 Å². The Hall–Kier alpha value is -1.41. The molecule has 0 aromatic rings. The summed E-state index contributed by atoms with van der Waals surface area (Å²) in [6.45, 7) is 3.30. The van der Waals surface area contributed by atoms with Crippen molar-refractivity contribution < 1.29 is 63.1 Å². The molecule has 0 amide bonds. The van der Waals surface area contributed by atoms with Crippen LogP contribution in [0.3, 0.4) is 0 Å². The van der Waals surface area contributed by atoms with Gasteiger partial charge >= 0.3 is 19.8 Å². The molecule has 0 radical (unpaired) electrons. The highest BCUT2D eigenvalue weighted by Crippen LogP contribution is 2.47. The summed E-state index contributed by atoms with van der Waals surface area (Å²) < 4.78 is 33.5. The Morgan fingerprint density at radius 2 is 0.864 bits per heavy atom. The van der Waals surface area contributed by atoms with Crippen molar-refractivity contribution in [3.05, 3.63) is 12.2 Å². The fraction of sp³-hybridized carbons (Fsp3) is 0.911. The van der Waals surface area contributed by atoms with E-state index in [1.54, 1.807) is 0 Å². The van der Waals surface area contributed by atoms with E-state index >= 15 is 0 Å². The van der Waals surface area contributed by atoms with Crippen LogP contribution in [0, 0.1) is 0 Å². The van der Waals surface area contributed by atoms with Gasteiger partial charge in [-0.3, -0.25) is 18.6 Å². The average Bonchev–Trinajstić information content (AvgIpc) is 3.21. The van der Waals surface area contributed by atoms with Crippen LogP contribution in [0.5, 0.6) is 0 Å². The first-order valence-electron chi connectivity index (χ1n) is 23.5. The Morgan fingerprint density at radius 1 is 0.508 bits per heavy atom. The maximum atomic E-state index is 12.8. The number of carbonyl (C=O) groups excluding carboxylic acids is 2. The summed E-state index contributed by atoms with van der Waals surface area (Å²) in [4.78, 5) is 35.7. The maximum Gasteiger partial charge on any atom is 0.472 e. The Morgan fingerprint density at radius 3 is 1.29 bits per heavy atom. The second-order valence-corrected chi connectivity index (χ2v) is 18.0. The summed E-state index contributed by atoms with van der Waals surface area (Å²) in [5.41, 5.74) is 0. The van der Waals surface area contributed by atoms with Crippen LogP contribution in [0.1, 0.15) is 206 Å². The number of aliphatic hydroxyl groups excluding tert-OH is 5. The van der Waals surface area contributed by atoms with Crippen LogP contribution in [0.4, 0.5) is 0 Å². The SMILES string of the molecule is CCCCCCCC/C=C\CCCCCCCC(=O)OC(COC(=O)CCCCCCCCCCCCCCCCC)COP(=O)(O)OC1C(O)C(O)C(O)C(O)C1O. The van der Waals surface area contributed by atoms with E-state index in [2.05, 4.69) is 26.0 Å². The quantitative estimate of drug-likeness (QED) is 0.0148. The Kier molecular flexibility index (Phi) is 34.0. The van der Waals surface area contributed by atoms with Crippen LogP contribution in [0.2, 0.25) is 0 Å². The lowest BCUT2D eigenvalue weighted by Gasteiger charge is -2.41. The summed E-state index contributed by atoms with van der Waals surface area (Å²) in [6, 6.07) is 0. The number of unbranched alkanes of at least 4 members (excludes halogenated alkanes) is 25. The smallest absolute Gasteiger partial charge is 0.462 e. The Balaban J connectivity index is 2.45. The molecule has 0 saturated heterocycles. The molecule has 1 aliphatic rings. The highest BCUT2D eigenvalue weighted by atomic mass is 31.2. The summed E-state index contributed by atoms with van der Waals surface area (Å²) in [5, 5.41) is 50.1. The van der Waals surface area contributed by atoms with E-state index in [0.29, 0.717) is 12.8 Å². The molecule has 1 rings (SSSR count). The van der Waals surface area contributed by atoms with Crippen molar-refractivity contribution >= 4 is 19.8 Å². The first-order valence-corrected chi connectivity index (χ1v) is 25.0. The summed E-state index contributed by atoms with van der Waals surface area (Å²) >= 11 is 0. The number of phosphoric acid groups is 1. The van der Waals surface area contributed by atoms with Gasteiger partial charge in [0.15, 0.2) is 6.10 Å². The number of phosphoric ester groups is 1. The molecule has 1 fully saturated rings. The molecule has 6 atom stereocenters. The van der Waals surface area contributed by atoms with E-state index in [-0.39, 0.29) is 12.8 Å². The minimum absolute atomic E-state index is 0.0909. The Labute approximate surface area is 356 Å². The van der Waals surface area contributed by atoms with Crippen molar-refractivity contribution in [3.8, 4) is 0 Å². The fourth-order valence-corrected chi connectivity index (χ4v) is 8.26. The predicted molar refractivity (Wildman–Crippen MR) is 231 cm³/mol. The number of ether oxygens (including phenoxy) is 2. The van der Waals surface area contributed by atoms with Crippen molar-refractivity contribution in [1.29, 1.82) is 0 Å². The van der Waals surface area contributed by atoms with Gasteiger partial charge in [0.2, 0.25) is 0 Å². The number of hydrogen-bond donors (Lipinski definition) is 6. The molecule has 14 heteroatoms. The minimum atomic E-state index is -5.11. The lowest BCUT2D eigenvalue weighted by molar-refractivity contribution is -0.220. The number of aliphatic hydroxyl groups is 5. The maximum absolute atomic E-state index is 12.8. The predicted octanol–water partition coefficient (Wildman–Crippen LogP) is 9.06. The van der Waals surface area contributed by atoms with Crippen LogP contribution in [0.15, 0.2) is 12.2 Å². The van der Waals surface area contributed by atoms with Gasteiger partial charge in [-0.05, 0) is 38.5 Å². The van der Waals surface area contributed by atoms with Gasteiger partial charge < -0.3 is 39.9 Å². The fourth-order valence-electron chi connectivity index (χ4n) is 7.28. The largest absolute Gasteiger partial charge is 0.472 e. The van der Waals surface area contributed by atoms with E-state index in [1.165, 1.54) is 109 Å². The average molecular weight is 865 g/mol. The first kappa shape index (κ1) is 55.6. The van der Waals surface area contributed by atoms with E-state index in [9.17, 15) is 44.6 Å². The van der Waals surface area contributed by atoms with Gasteiger partial charge in [-0.25, -0.2) is 4.57 Å². The second-order valence-electron chi connectivity index (χ2n) is 16.6. The molecule has 6 N–H and O–H groups in total. The monoisotopic (exact) mass is 865 g/mol. The molecule has 348 valence electrons. The van der Waals surface area contributed by atoms with E-state index in [0.717, 1.165) is 57.8 Å². The van der Waals surface area contributed by atoms with E-state index in [1.807, 2.05) is 0 Å². The van der Waals surface area contributed by atoms with Crippen LogP contribution >= 0.6 is 7.82 Å². The van der Waals surface area contributed by atoms with E-state index < -0.39 is 75.7 Å². The molecule has 0 aromatic carbocycles. The number of esters is 2. The van der Waals surface area contributed by atoms with Crippen molar-refractivity contribution in [2.75, 3.05) is 13.2 Å². The van der Waals surface area contributed by atoms with Crippen LogP contribution in [-0.2, 0) is 32.7 Å². The molecule has 0 bridgehead atoms. The van der Waals surface area contributed by atoms with Gasteiger partial charge in [-0.2, -0.15) is 0 Å². The Bertz CT molecular complexity index is 1090. The van der Waals surface area contributed by atoms with Crippen molar-refractivity contribution in [2.45, 2.75) is 249 Å². The normalized spacial score (nSPS) is 22.4. The molecular weight excluding hydrogens is 779 g/mol. The zero-order valence-electron chi connectivity index (χ0n) is 36.8. The standard InChI is InChI=1S/C45H85O13P/c1-3-5-7-9-11-13-15-17-19-21-23-25-27-29-31-33-38(46)55-35-37(36-56-59(53,54)58-45-43(51)41(49)40(48)42(50)44(45)52)57-39(47)34-32-30-28-26-24-22-20-18-16-14-12-10-8-6-4-2/h18,20,37,40-45,48-52H,3-17,19,21-36H2,1-2H3,(H,53,54)/b20-18-. The lowest BCUT2D eigenvalue weighted by atomic mass is 9.85. The summed E-state index contributed by atoms with van der Waals surface area (Å²) in [6.07, 6.45) is 24.1. The van der Waals surface area contributed by atoms with Crippen LogP contribution < -0.4 is 0 Å². The molecule has 59 heavy (non-hydrogen) atoms. The third-order valence-corrected chi connectivity index (χ3v) is 12.1. The zero-order valence-corrected chi connectivity index (χ0v) is 37.7. The lowest BCUT2D eigenvalue weighted by Crippen LogP contribution is -2.64. The third kappa shape index (κ3) is 28.7. The molecule has 6 unspecified atom stereocenters. The second kappa shape index (κ2) is 36.1. The number of rotatable bonds is 39. The molecule has 0 heterocycles. The van der Waals surface area contributed by atoms with Gasteiger partial charge in [0.05, 0.1) is 6.61 Å². The van der Waals surface area contributed by atoms with Gasteiger partial charge in [0, 0.05) is 12.8 Å². The minimum Gasteiger partial charge on any atom is -0.462 e. The zero-order chi connectivity index (χ0) is 43.6. The third-order valence-electron chi connectivity index (χ3n) is 11.1. The van der Waals surface area contributed by atoms with Gasteiger partial charge in [0.1, 0.15) is 43.2 Å². The summed E-state index contributed by atoms with van der Waals surface area (Å²) in [5.74, 6) is -1.10. The molecule has 1 aliphatic carbocycles. The highest BCUT2D eigenvalue weighted by molar-refractivity contribution is 7.47. The molecule has 1 saturated carbocycles. The topological polar surface area (TPSA) is 210 Å². The van der Waals surface area contributed by atoms with Gasteiger partial charge in [-0.15, -0.1) is 0 Å². The molecule has 0 spiro atoms. The van der Waals surface area contributed by atoms with Crippen molar-refractivity contribution in [3.63, 3.8) is 0 Å². The highest BCUT2D eigenvalue weighted by Gasteiger charge is 2.51. The number of hydrogen-bond acceptors (Lipinski definition) is 12. The first-order chi connectivity index (χ1) is 28.4. The van der Waals surface area contributed by atoms with Crippen molar-refractivity contribution in [1.82, 2.24) is 0 Å².